The first kappa shape index (κ1) is 14.5. The maximum Gasteiger partial charge on any atom is 0.269 e. The van der Waals surface area contributed by atoms with Gasteiger partial charge in [-0.05, 0) is 42.5 Å². The first-order chi connectivity index (χ1) is 10.6. The molecule has 0 fully saturated rings. The molecule has 1 heterocycles. The molecule has 22 heavy (non-hydrogen) atoms. The molecule has 3 rings (SSSR count). The molecule has 0 aliphatic rings. The molecule has 0 aliphatic carbocycles. The second-order valence-corrected chi connectivity index (χ2v) is 5.77. The zero-order valence-electron chi connectivity index (χ0n) is 11.2. The summed E-state index contributed by atoms with van der Waals surface area (Å²) in [5.74, 6) is -0.804. The molecular formula is C15H10ClN3O2S. The van der Waals surface area contributed by atoms with Crippen LogP contribution in [-0.4, -0.2) is 16.8 Å². The first-order valence-electron chi connectivity index (χ1n) is 6.33. The molecule has 0 radical (unpaired) electrons. The summed E-state index contributed by atoms with van der Waals surface area (Å²) in [4.78, 5) is 28.1. The minimum absolute atomic E-state index is 0.391. The fourth-order valence-corrected chi connectivity index (χ4v) is 2.70. The van der Waals surface area contributed by atoms with E-state index in [1.807, 2.05) is 0 Å². The highest BCUT2D eigenvalue weighted by molar-refractivity contribution is 7.16. The smallest absolute Gasteiger partial charge is 0.267 e. The van der Waals surface area contributed by atoms with Crippen LogP contribution in [0, 0.1) is 0 Å². The zero-order chi connectivity index (χ0) is 15.5. The highest BCUT2D eigenvalue weighted by Crippen LogP contribution is 2.18. The highest BCUT2D eigenvalue weighted by Gasteiger charge is 2.10. The lowest BCUT2D eigenvalue weighted by Crippen LogP contribution is -2.41. The Morgan fingerprint density at radius 2 is 1.59 bits per heavy atom. The molecule has 0 aliphatic heterocycles. The monoisotopic (exact) mass is 331 g/mol. The molecule has 0 saturated heterocycles. The van der Waals surface area contributed by atoms with Gasteiger partial charge in [0.2, 0.25) is 0 Å². The molecule has 2 amide bonds. The van der Waals surface area contributed by atoms with Gasteiger partial charge in [-0.1, -0.05) is 11.6 Å². The van der Waals surface area contributed by atoms with Crippen LogP contribution in [0.3, 0.4) is 0 Å². The van der Waals surface area contributed by atoms with E-state index in [9.17, 15) is 9.59 Å². The van der Waals surface area contributed by atoms with Gasteiger partial charge in [-0.2, -0.15) is 0 Å². The van der Waals surface area contributed by atoms with Gasteiger partial charge in [-0.15, -0.1) is 11.3 Å². The number of hydrazine groups is 1. The lowest BCUT2D eigenvalue weighted by atomic mass is 10.2. The number of nitrogens with one attached hydrogen (secondary N) is 2. The standard InChI is InChI=1S/C15H10ClN3O2S/c16-11-4-1-9(2-5-11)14(20)18-19-15(21)10-3-6-12-13(7-10)22-8-17-12/h1-8H,(H,18,20)(H,19,21). The second kappa shape index (κ2) is 6.13. The average molecular weight is 332 g/mol. The number of hydrogen-bond donors (Lipinski definition) is 2. The van der Waals surface area contributed by atoms with Crippen molar-refractivity contribution in [3.63, 3.8) is 0 Å². The summed E-state index contributed by atoms with van der Waals surface area (Å²) in [7, 11) is 0. The number of halogens is 1. The van der Waals surface area contributed by atoms with E-state index in [2.05, 4.69) is 15.8 Å². The van der Waals surface area contributed by atoms with E-state index in [1.54, 1.807) is 48.0 Å². The van der Waals surface area contributed by atoms with Crippen molar-refractivity contribution in [3.05, 3.63) is 64.1 Å². The number of benzene rings is 2. The summed E-state index contributed by atoms with van der Waals surface area (Å²) < 4.78 is 0.914. The Bertz CT molecular complexity index is 845. The van der Waals surface area contributed by atoms with Gasteiger partial charge < -0.3 is 0 Å². The minimum atomic E-state index is -0.413. The van der Waals surface area contributed by atoms with E-state index in [4.69, 9.17) is 11.6 Å². The van der Waals surface area contributed by atoms with Gasteiger partial charge in [-0.3, -0.25) is 20.4 Å². The predicted molar refractivity (Wildman–Crippen MR) is 86.0 cm³/mol. The number of carbonyl (C=O) groups excluding carboxylic acids is 2. The van der Waals surface area contributed by atoms with Gasteiger partial charge in [-0.25, -0.2) is 4.98 Å². The van der Waals surface area contributed by atoms with Crippen molar-refractivity contribution < 1.29 is 9.59 Å². The Hall–Kier alpha value is -2.44. The maximum absolute atomic E-state index is 12.0. The van der Waals surface area contributed by atoms with Crippen LogP contribution in [0.5, 0.6) is 0 Å². The summed E-state index contributed by atoms with van der Waals surface area (Å²) in [6.07, 6.45) is 0. The molecule has 0 unspecified atom stereocenters. The molecule has 110 valence electrons. The number of fused-ring (bicyclic) bond motifs is 1. The first-order valence-corrected chi connectivity index (χ1v) is 7.59. The van der Waals surface area contributed by atoms with Crippen molar-refractivity contribution in [3.8, 4) is 0 Å². The molecule has 0 spiro atoms. The molecule has 0 saturated carbocycles. The van der Waals surface area contributed by atoms with E-state index in [-0.39, 0.29) is 0 Å². The fraction of sp³-hybridized carbons (Fsp3) is 0. The van der Waals surface area contributed by atoms with E-state index in [1.165, 1.54) is 11.3 Å². The Morgan fingerprint density at radius 1 is 0.955 bits per heavy atom. The predicted octanol–water partition coefficient (Wildman–Crippen LogP) is 3.02. The molecule has 1 aromatic heterocycles. The summed E-state index contributed by atoms with van der Waals surface area (Å²) in [5.41, 5.74) is 8.16. The van der Waals surface area contributed by atoms with Gasteiger partial charge in [0, 0.05) is 16.1 Å². The molecule has 0 atom stereocenters. The summed E-state index contributed by atoms with van der Waals surface area (Å²) in [6.45, 7) is 0. The number of hydrogen-bond acceptors (Lipinski definition) is 4. The van der Waals surface area contributed by atoms with Crippen LogP contribution in [0.1, 0.15) is 20.7 Å². The maximum atomic E-state index is 12.0. The Balaban J connectivity index is 1.66. The van der Waals surface area contributed by atoms with Gasteiger partial charge in [0.15, 0.2) is 0 Å². The van der Waals surface area contributed by atoms with Crippen molar-refractivity contribution in [2.75, 3.05) is 0 Å². The van der Waals surface area contributed by atoms with Crippen LogP contribution >= 0.6 is 22.9 Å². The topological polar surface area (TPSA) is 71.1 Å². The van der Waals surface area contributed by atoms with Crippen LogP contribution < -0.4 is 10.9 Å². The van der Waals surface area contributed by atoms with Crippen molar-refractivity contribution in [2.24, 2.45) is 0 Å². The molecule has 2 N–H and O–H groups in total. The number of carbonyl (C=O) groups is 2. The molecule has 3 aromatic rings. The van der Waals surface area contributed by atoms with Crippen molar-refractivity contribution in [1.29, 1.82) is 0 Å². The molecule has 7 heteroatoms. The fourth-order valence-electron chi connectivity index (χ4n) is 1.86. The normalized spacial score (nSPS) is 10.4. The number of nitrogens with zero attached hydrogens (tertiary/aromatic N) is 1. The Kier molecular flexibility index (Phi) is 4.04. The Morgan fingerprint density at radius 3 is 2.32 bits per heavy atom. The van der Waals surface area contributed by atoms with Crippen LogP contribution in [0.25, 0.3) is 10.2 Å². The molecule has 2 aromatic carbocycles. The van der Waals surface area contributed by atoms with Crippen LogP contribution in [0.15, 0.2) is 48.0 Å². The van der Waals surface area contributed by atoms with Crippen molar-refractivity contribution >= 4 is 45.0 Å². The van der Waals surface area contributed by atoms with Crippen LogP contribution in [0.2, 0.25) is 5.02 Å². The highest BCUT2D eigenvalue weighted by atomic mass is 35.5. The Labute approximate surface area is 134 Å². The van der Waals surface area contributed by atoms with Crippen molar-refractivity contribution in [2.45, 2.75) is 0 Å². The van der Waals surface area contributed by atoms with Crippen molar-refractivity contribution in [1.82, 2.24) is 15.8 Å². The van der Waals surface area contributed by atoms with Crippen LogP contribution in [0.4, 0.5) is 0 Å². The van der Waals surface area contributed by atoms with Gasteiger partial charge in [0.05, 0.1) is 15.7 Å². The third kappa shape index (κ3) is 3.08. The quantitative estimate of drug-likeness (QED) is 0.709. The number of amides is 2. The van der Waals surface area contributed by atoms with Crippen LogP contribution in [-0.2, 0) is 0 Å². The third-order valence-electron chi connectivity index (χ3n) is 2.99. The summed E-state index contributed by atoms with van der Waals surface area (Å²) >= 11 is 7.21. The van der Waals surface area contributed by atoms with Gasteiger partial charge in [0.25, 0.3) is 11.8 Å². The van der Waals surface area contributed by atoms with E-state index < -0.39 is 11.8 Å². The average Bonchev–Trinajstić information content (AvgIpc) is 3.00. The van der Waals surface area contributed by atoms with E-state index in [0.717, 1.165) is 10.2 Å². The lowest BCUT2D eigenvalue weighted by molar-refractivity contribution is 0.0847. The minimum Gasteiger partial charge on any atom is -0.267 e. The SMILES string of the molecule is O=C(NNC(=O)c1ccc2ncsc2c1)c1ccc(Cl)cc1. The molecule has 0 bridgehead atoms. The molecule has 5 nitrogen and oxygen atoms in total. The zero-order valence-corrected chi connectivity index (χ0v) is 12.7. The lowest BCUT2D eigenvalue weighted by Gasteiger charge is -2.07. The summed E-state index contributed by atoms with van der Waals surface area (Å²) in [6, 6.07) is 11.5. The van der Waals surface area contributed by atoms with E-state index >= 15 is 0 Å². The largest absolute Gasteiger partial charge is 0.269 e. The summed E-state index contributed by atoms with van der Waals surface area (Å²) in [5, 5.41) is 0.540. The van der Waals surface area contributed by atoms with Gasteiger partial charge in [0.1, 0.15) is 0 Å². The van der Waals surface area contributed by atoms with E-state index in [0.29, 0.717) is 16.1 Å². The number of aromatic nitrogens is 1. The third-order valence-corrected chi connectivity index (χ3v) is 4.03. The van der Waals surface area contributed by atoms with Gasteiger partial charge >= 0.3 is 0 Å². The second-order valence-electron chi connectivity index (χ2n) is 4.45. The number of thiazole rings is 1. The number of rotatable bonds is 2. The molecular weight excluding hydrogens is 322 g/mol.